The Morgan fingerprint density at radius 3 is 2.26 bits per heavy atom. The van der Waals surface area contributed by atoms with Gasteiger partial charge in [0.1, 0.15) is 11.6 Å². The van der Waals surface area contributed by atoms with Crippen molar-refractivity contribution in [1.29, 1.82) is 0 Å². The zero-order valence-electron chi connectivity index (χ0n) is 22.0. The maximum absolute atomic E-state index is 13.2. The minimum atomic E-state index is -4.05. The second-order valence-electron chi connectivity index (χ2n) is 11.8. The number of ether oxygens (including phenoxy) is 1. The molecular formula is C29H37BrN2O6S. The number of aliphatic carboxylic acids is 1. The van der Waals surface area contributed by atoms with E-state index in [2.05, 4.69) is 26.0 Å². The summed E-state index contributed by atoms with van der Waals surface area (Å²) in [6, 6.07) is 8.37. The fourth-order valence-corrected chi connectivity index (χ4v) is 9.13. The minimum Gasteiger partial charge on any atom is -0.480 e. The summed E-state index contributed by atoms with van der Waals surface area (Å²) in [5.74, 6) is 0.825. The fraction of sp³-hybridized carbons (Fsp3) is 0.586. The molecule has 1 aromatic rings. The molecule has 5 aliphatic rings. The van der Waals surface area contributed by atoms with E-state index in [1.165, 1.54) is 19.3 Å². The average Bonchev–Trinajstić information content (AvgIpc) is 2.87. The summed E-state index contributed by atoms with van der Waals surface area (Å²) in [4.78, 5) is 24.4. The topological polar surface area (TPSA) is 122 Å². The Hall–Kier alpha value is -2.17. The molecule has 0 aliphatic heterocycles. The Labute approximate surface area is 238 Å². The molecule has 1 aromatic carbocycles. The van der Waals surface area contributed by atoms with Gasteiger partial charge in [0, 0.05) is 13.0 Å². The van der Waals surface area contributed by atoms with E-state index in [4.69, 9.17) is 4.74 Å². The van der Waals surface area contributed by atoms with Gasteiger partial charge in [0.05, 0.1) is 0 Å². The molecule has 2 atom stereocenters. The molecule has 6 rings (SSSR count). The second kappa shape index (κ2) is 11.4. The van der Waals surface area contributed by atoms with Crippen molar-refractivity contribution in [3.63, 3.8) is 0 Å². The number of rotatable bonds is 11. The van der Waals surface area contributed by atoms with Crippen molar-refractivity contribution >= 4 is 43.6 Å². The Morgan fingerprint density at radius 1 is 1.05 bits per heavy atom. The first-order chi connectivity index (χ1) is 18.6. The molecule has 0 heterocycles. The number of amides is 1. The summed E-state index contributed by atoms with van der Waals surface area (Å²) in [5.41, 5.74) is 1.58. The third-order valence-corrected chi connectivity index (χ3v) is 12.4. The van der Waals surface area contributed by atoms with Crippen molar-refractivity contribution in [2.75, 3.05) is 6.54 Å². The highest BCUT2D eigenvalue weighted by Gasteiger charge is 2.53. The molecule has 10 heteroatoms. The highest BCUT2D eigenvalue weighted by atomic mass is 79.9. The van der Waals surface area contributed by atoms with Crippen molar-refractivity contribution in [2.24, 2.45) is 17.8 Å². The van der Waals surface area contributed by atoms with Crippen LogP contribution in [0.5, 0.6) is 0 Å². The average molecular weight is 622 g/mol. The third kappa shape index (κ3) is 6.43. The van der Waals surface area contributed by atoms with Gasteiger partial charge in [-0.3, -0.25) is 4.79 Å². The summed E-state index contributed by atoms with van der Waals surface area (Å²) in [5, 5.41) is 12.5. The van der Waals surface area contributed by atoms with Crippen LogP contribution in [0.1, 0.15) is 69.8 Å². The number of benzene rings is 1. The van der Waals surface area contributed by atoms with Gasteiger partial charge in [-0.2, -0.15) is 4.72 Å². The fourth-order valence-electron chi connectivity index (χ4n) is 7.21. The number of halogens is 1. The molecule has 3 N–H and O–H groups in total. The standard InChI is InChI=1S/C29H37BrN2O6S/c30-29(11-9-24(10-12-29)23-6-2-1-3-7-23)39(36,37)32-25(26(33)34)8-4-5-13-31-27(35)38-28-17-20-14-21(18-28)16-22(15-20)19-28/h1-3,6-7,9-11,20-22,25,32H,4-5,8,12-19H2,(H,31,35)(H,33,34). The highest BCUT2D eigenvalue weighted by Crippen LogP contribution is 2.57. The molecular weight excluding hydrogens is 584 g/mol. The molecule has 8 nitrogen and oxygen atoms in total. The number of hydrogen-bond acceptors (Lipinski definition) is 5. The van der Waals surface area contributed by atoms with Crippen LogP contribution in [0.4, 0.5) is 4.79 Å². The van der Waals surface area contributed by atoms with E-state index in [0.29, 0.717) is 37.1 Å². The molecule has 4 saturated carbocycles. The number of allylic oxidation sites excluding steroid dienone is 3. The maximum Gasteiger partial charge on any atom is 0.407 e. The van der Waals surface area contributed by atoms with Crippen LogP contribution < -0.4 is 10.0 Å². The molecule has 1 amide bonds. The van der Waals surface area contributed by atoms with E-state index >= 15 is 0 Å². The van der Waals surface area contributed by atoms with Crippen molar-refractivity contribution in [1.82, 2.24) is 10.0 Å². The van der Waals surface area contributed by atoms with E-state index in [1.807, 2.05) is 36.4 Å². The molecule has 5 aliphatic carbocycles. The normalized spacial score (nSPS) is 31.9. The number of carbonyl (C=O) groups is 2. The van der Waals surface area contributed by atoms with Crippen LogP contribution in [0.3, 0.4) is 0 Å². The molecule has 4 fully saturated rings. The molecule has 0 radical (unpaired) electrons. The number of alkyl halides is 1. The first kappa shape index (κ1) is 28.4. The number of sulfonamides is 1. The molecule has 0 spiro atoms. The SMILES string of the molecule is O=C(NCCCCC(NS(=O)(=O)C1(Br)C=CC(c2ccccc2)=CC1)C(=O)O)OC12CC3CC(CC(C3)C1)C2. The summed E-state index contributed by atoms with van der Waals surface area (Å²) in [6.45, 7) is 0.350. The largest absolute Gasteiger partial charge is 0.480 e. The number of alkyl carbamates (subject to hydrolysis) is 1. The van der Waals surface area contributed by atoms with Gasteiger partial charge in [0.15, 0.2) is 3.66 Å². The Balaban J connectivity index is 1.07. The lowest BCUT2D eigenvalue weighted by atomic mass is 9.54. The van der Waals surface area contributed by atoms with Crippen LogP contribution in [0, 0.1) is 17.8 Å². The molecule has 0 aromatic heterocycles. The minimum absolute atomic E-state index is 0.109. The van der Waals surface area contributed by atoms with Crippen LogP contribution in [0.2, 0.25) is 0 Å². The third-order valence-electron chi connectivity index (χ3n) is 8.74. The predicted molar refractivity (Wildman–Crippen MR) is 153 cm³/mol. The summed E-state index contributed by atoms with van der Waals surface area (Å²) >= 11 is 3.33. The second-order valence-corrected chi connectivity index (χ2v) is 15.7. The molecule has 2 unspecified atom stereocenters. The van der Waals surface area contributed by atoms with Crippen LogP contribution in [-0.4, -0.2) is 47.4 Å². The van der Waals surface area contributed by atoms with Crippen molar-refractivity contribution in [3.05, 3.63) is 54.1 Å². The number of carboxylic acid groups (broad SMARTS) is 1. The number of unbranched alkanes of at least 4 members (excludes halogenated alkanes) is 1. The first-order valence-corrected chi connectivity index (χ1v) is 16.2. The van der Waals surface area contributed by atoms with Gasteiger partial charge in [-0.1, -0.05) is 64.5 Å². The van der Waals surface area contributed by atoms with Crippen molar-refractivity contribution in [2.45, 2.75) is 79.5 Å². The first-order valence-electron chi connectivity index (χ1n) is 13.9. The van der Waals surface area contributed by atoms with E-state index < -0.39 is 31.8 Å². The van der Waals surface area contributed by atoms with E-state index in [-0.39, 0.29) is 18.4 Å². The van der Waals surface area contributed by atoms with Gasteiger partial charge in [-0.05, 0) is 86.7 Å². The Morgan fingerprint density at radius 2 is 1.69 bits per heavy atom. The Kier molecular flexibility index (Phi) is 8.27. The zero-order valence-corrected chi connectivity index (χ0v) is 24.4. The molecule has 4 bridgehead atoms. The highest BCUT2D eigenvalue weighted by molar-refractivity contribution is 9.11. The van der Waals surface area contributed by atoms with Crippen molar-refractivity contribution in [3.8, 4) is 0 Å². The molecule has 39 heavy (non-hydrogen) atoms. The Bertz CT molecular complexity index is 1210. The van der Waals surface area contributed by atoms with E-state index in [0.717, 1.165) is 30.4 Å². The van der Waals surface area contributed by atoms with Gasteiger partial charge in [-0.15, -0.1) is 0 Å². The number of carbonyl (C=O) groups excluding carboxylic acids is 1. The molecule has 212 valence electrons. The maximum atomic E-state index is 13.2. The van der Waals surface area contributed by atoms with Gasteiger partial charge in [0.25, 0.3) is 0 Å². The van der Waals surface area contributed by atoms with Gasteiger partial charge in [0.2, 0.25) is 10.0 Å². The lowest BCUT2D eigenvalue weighted by Crippen LogP contribution is -2.53. The van der Waals surface area contributed by atoms with Crippen LogP contribution >= 0.6 is 15.9 Å². The van der Waals surface area contributed by atoms with Crippen LogP contribution in [0.25, 0.3) is 5.57 Å². The number of hydrogen-bond donors (Lipinski definition) is 3. The summed E-state index contributed by atoms with van der Waals surface area (Å²) < 4.78 is 33.2. The van der Waals surface area contributed by atoms with Gasteiger partial charge < -0.3 is 15.2 Å². The van der Waals surface area contributed by atoms with E-state index in [9.17, 15) is 23.1 Å². The zero-order chi connectivity index (χ0) is 27.7. The lowest BCUT2D eigenvalue weighted by molar-refractivity contribution is -0.139. The van der Waals surface area contributed by atoms with Crippen molar-refractivity contribution < 1.29 is 27.9 Å². The predicted octanol–water partition coefficient (Wildman–Crippen LogP) is 5.36. The van der Waals surface area contributed by atoms with Gasteiger partial charge >= 0.3 is 12.1 Å². The molecule has 0 saturated heterocycles. The van der Waals surface area contributed by atoms with Gasteiger partial charge in [-0.25, -0.2) is 13.2 Å². The van der Waals surface area contributed by atoms with E-state index in [1.54, 1.807) is 12.2 Å². The lowest BCUT2D eigenvalue weighted by Gasteiger charge is -2.55. The van der Waals surface area contributed by atoms with Crippen LogP contribution in [0.15, 0.2) is 48.6 Å². The summed E-state index contributed by atoms with van der Waals surface area (Å²) in [6.07, 6.45) is 12.7. The summed E-state index contributed by atoms with van der Waals surface area (Å²) in [7, 11) is -4.05. The monoisotopic (exact) mass is 620 g/mol. The van der Waals surface area contributed by atoms with Crippen LogP contribution in [-0.2, 0) is 19.6 Å². The smallest absolute Gasteiger partial charge is 0.407 e. The number of carboxylic acids is 1. The number of nitrogens with one attached hydrogen (secondary N) is 2. The quantitative estimate of drug-likeness (QED) is 0.226.